The molecule has 4 N–H and O–H groups in total. The fourth-order valence-electron chi connectivity index (χ4n) is 2.19. The molecule has 0 unspecified atom stereocenters. The highest BCUT2D eigenvalue weighted by molar-refractivity contribution is 14.0. The number of anilines is 2. The molecule has 2 rings (SSSR count). The molecule has 146 valence electrons. The van der Waals surface area contributed by atoms with Gasteiger partial charge in [-0.15, -0.1) is 24.0 Å². The number of aliphatic imine (C=N–C) groups is 1. The number of para-hydroxylation sites is 1. The largest absolute Gasteiger partial charge is 0.444 e. The van der Waals surface area contributed by atoms with Crippen molar-refractivity contribution in [1.82, 2.24) is 0 Å². The molecule has 0 saturated carbocycles. The lowest BCUT2D eigenvalue weighted by molar-refractivity contribution is 0.0636. The Morgan fingerprint density at radius 1 is 1.00 bits per heavy atom. The molecule has 0 aliphatic rings. The molecule has 0 bridgehead atoms. The van der Waals surface area contributed by atoms with Gasteiger partial charge in [0.05, 0.1) is 0 Å². The van der Waals surface area contributed by atoms with Crippen LogP contribution in [0.5, 0.6) is 0 Å². The monoisotopic (exact) mass is 482 g/mol. The molecule has 6 nitrogen and oxygen atoms in total. The fourth-order valence-corrected chi connectivity index (χ4v) is 2.19. The van der Waals surface area contributed by atoms with Crippen molar-refractivity contribution in [3.05, 3.63) is 60.2 Å². The van der Waals surface area contributed by atoms with E-state index in [1.54, 1.807) is 0 Å². The van der Waals surface area contributed by atoms with Gasteiger partial charge in [0.1, 0.15) is 5.60 Å². The van der Waals surface area contributed by atoms with Gasteiger partial charge in [0.25, 0.3) is 0 Å². The molecule has 0 aromatic heterocycles. The van der Waals surface area contributed by atoms with Gasteiger partial charge in [-0.3, -0.25) is 10.3 Å². The van der Waals surface area contributed by atoms with Gasteiger partial charge in [-0.05, 0) is 57.0 Å². The van der Waals surface area contributed by atoms with E-state index in [1.807, 2.05) is 75.4 Å². The summed E-state index contributed by atoms with van der Waals surface area (Å²) in [4.78, 5) is 16.1. The lowest BCUT2D eigenvalue weighted by Crippen LogP contribution is -2.27. The third-order valence-corrected chi connectivity index (χ3v) is 3.33. The summed E-state index contributed by atoms with van der Waals surface area (Å²) in [7, 11) is 0. The summed E-state index contributed by atoms with van der Waals surface area (Å²) in [6.07, 6.45) is 0.291. The van der Waals surface area contributed by atoms with Crippen molar-refractivity contribution < 1.29 is 9.53 Å². The Bertz CT molecular complexity index is 741. The van der Waals surface area contributed by atoms with Gasteiger partial charge in [0.15, 0.2) is 5.96 Å². The first kappa shape index (κ1) is 22.8. The van der Waals surface area contributed by atoms with Crippen LogP contribution < -0.4 is 16.4 Å². The van der Waals surface area contributed by atoms with Crippen molar-refractivity contribution in [2.75, 3.05) is 17.2 Å². The molecule has 0 atom stereocenters. The highest BCUT2D eigenvalue weighted by atomic mass is 127. The predicted molar refractivity (Wildman–Crippen MR) is 122 cm³/mol. The highest BCUT2D eigenvalue weighted by Crippen LogP contribution is 2.13. The van der Waals surface area contributed by atoms with E-state index in [0.717, 1.165) is 17.7 Å². The van der Waals surface area contributed by atoms with E-state index in [-0.39, 0.29) is 24.0 Å². The Balaban J connectivity index is 0.00000364. The van der Waals surface area contributed by atoms with Crippen molar-refractivity contribution in [3.8, 4) is 0 Å². The third kappa shape index (κ3) is 9.28. The maximum Gasteiger partial charge on any atom is 0.412 e. The summed E-state index contributed by atoms with van der Waals surface area (Å²) in [5.74, 6) is 0.388. The Labute approximate surface area is 177 Å². The first-order valence-electron chi connectivity index (χ1n) is 8.53. The Hall–Kier alpha value is -2.29. The van der Waals surface area contributed by atoms with Crippen LogP contribution in [0.15, 0.2) is 59.6 Å². The van der Waals surface area contributed by atoms with Crippen LogP contribution in [0.3, 0.4) is 0 Å². The van der Waals surface area contributed by atoms with Crippen molar-refractivity contribution in [2.45, 2.75) is 32.8 Å². The van der Waals surface area contributed by atoms with E-state index < -0.39 is 11.7 Å². The van der Waals surface area contributed by atoms with Gasteiger partial charge >= 0.3 is 6.09 Å². The second-order valence-corrected chi connectivity index (χ2v) is 6.83. The predicted octanol–water partition coefficient (Wildman–Crippen LogP) is 4.62. The Kier molecular flexibility index (Phi) is 9.07. The molecule has 0 saturated heterocycles. The second-order valence-electron chi connectivity index (χ2n) is 6.83. The molecule has 2 aromatic rings. The number of carbonyl (C=O) groups excluding carboxylic acids is 1. The molecular formula is C20H27IN4O2. The zero-order valence-corrected chi connectivity index (χ0v) is 18.2. The van der Waals surface area contributed by atoms with Crippen molar-refractivity contribution in [2.24, 2.45) is 10.7 Å². The summed E-state index contributed by atoms with van der Waals surface area (Å²) in [5.41, 5.74) is 8.07. The van der Waals surface area contributed by atoms with Crippen LogP contribution in [0.2, 0.25) is 0 Å². The average Bonchev–Trinajstić information content (AvgIpc) is 2.55. The van der Waals surface area contributed by atoms with E-state index in [9.17, 15) is 4.79 Å². The van der Waals surface area contributed by atoms with Crippen LogP contribution in [0.4, 0.5) is 16.2 Å². The van der Waals surface area contributed by atoms with Gasteiger partial charge in [-0.2, -0.15) is 0 Å². The lowest BCUT2D eigenvalue weighted by Gasteiger charge is -2.19. The molecule has 0 spiro atoms. The van der Waals surface area contributed by atoms with E-state index in [4.69, 9.17) is 10.5 Å². The number of rotatable bonds is 5. The summed E-state index contributed by atoms with van der Waals surface area (Å²) >= 11 is 0. The number of ether oxygens (including phenoxy) is 1. The molecule has 1 amide bonds. The maximum absolute atomic E-state index is 11.7. The molecule has 7 heteroatoms. The highest BCUT2D eigenvalue weighted by Gasteiger charge is 2.15. The van der Waals surface area contributed by atoms with Crippen LogP contribution >= 0.6 is 24.0 Å². The van der Waals surface area contributed by atoms with Gasteiger partial charge in [0, 0.05) is 17.9 Å². The van der Waals surface area contributed by atoms with E-state index in [2.05, 4.69) is 15.6 Å². The Morgan fingerprint density at radius 3 is 2.19 bits per heavy atom. The normalized spacial score (nSPS) is 11.3. The zero-order valence-electron chi connectivity index (χ0n) is 15.9. The third-order valence-electron chi connectivity index (χ3n) is 3.33. The van der Waals surface area contributed by atoms with Crippen molar-refractivity contribution >= 4 is 47.4 Å². The van der Waals surface area contributed by atoms with Gasteiger partial charge < -0.3 is 15.8 Å². The van der Waals surface area contributed by atoms with Gasteiger partial charge in [0.2, 0.25) is 0 Å². The molecule has 0 fully saturated rings. The minimum atomic E-state index is -0.518. The quantitative estimate of drug-likeness (QED) is 0.330. The maximum atomic E-state index is 11.7. The molecule has 0 aliphatic heterocycles. The smallest absolute Gasteiger partial charge is 0.412 e. The molecule has 2 aromatic carbocycles. The Morgan fingerprint density at radius 2 is 1.59 bits per heavy atom. The van der Waals surface area contributed by atoms with E-state index in [1.165, 1.54) is 0 Å². The summed E-state index contributed by atoms with van der Waals surface area (Å²) < 4.78 is 5.22. The number of nitrogens with one attached hydrogen (secondary N) is 2. The SMILES string of the molecule is CC(C)(C)OC(=O)Nc1ccc(CCN=C(N)Nc2ccccc2)cc1.I. The first-order valence-corrected chi connectivity index (χ1v) is 8.53. The second kappa shape index (κ2) is 10.8. The topological polar surface area (TPSA) is 88.7 Å². The molecule has 0 heterocycles. The number of hydrogen-bond acceptors (Lipinski definition) is 3. The molecule has 0 radical (unpaired) electrons. The number of guanidine groups is 1. The summed E-state index contributed by atoms with van der Waals surface area (Å²) in [5, 5.41) is 5.75. The first-order chi connectivity index (χ1) is 12.3. The van der Waals surface area contributed by atoms with Crippen LogP contribution in [0.1, 0.15) is 26.3 Å². The average molecular weight is 482 g/mol. The molecule has 27 heavy (non-hydrogen) atoms. The standard InChI is InChI=1S/C20H26N4O2.HI/c1-20(2,3)26-19(25)24-17-11-9-15(10-12-17)13-14-22-18(21)23-16-7-5-4-6-8-16;/h4-12H,13-14H2,1-3H3,(H,24,25)(H3,21,22,23);1H. The van der Waals surface area contributed by atoms with Crippen molar-refractivity contribution in [3.63, 3.8) is 0 Å². The van der Waals surface area contributed by atoms with Crippen LogP contribution in [-0.4, -0.2) is 24.2 Å². The number of hydrogen-bond donors (Lipinski definition) is 3. The van der Waals surface area contributed by atoms with Crippen LogP contribution in [0.25, 0.3) is 0 Å². The molecular weight excluding hydrogens is 455 g/mol. The number of nitrogens with two attached hydrogens (primary N) is 1. The van der Waals surface area contributed by atoms with Gasteiger partial charge in [-0.25, -0.2) is 4.79 Å². The fraction of sp³-hybridized carbons (Fsp3) is 0.300. The number of carbonyl (C=O) groups is 1. The van der Waals surface area contributed by atoms with E-state index >= 15 is 0 Å². The zero-order chi connectivity index (χ0) is 19.0. The number of amides is 1. The van der Waals surface area contributed by atoms with Crippen molar-refractivity contribution in [1.29, 1.82) is 0 Å². The number of nitrogens with zero attached hydrogens (tertiary/aromatic N) is 1. The van der Waals surface area contributed by atoms with Gasteiger partial charge in [-0.1, -0.05) is 30.3 Å². The number of halogens is 1. The minimum Gasteiger partial charge on any atom is -0.444 e. The molecule has 0 aliphatic carbocycles. The van der Waals surface area contributed by atoms with Crippen LogP contribution in [-0.2, 0) is 11.2 Å². The summed E-state index contributed by atoms with van der Waals surface area (Å²) in [6, 6.07) is 17.2. The summed E-state index contributed by atoms with van der Waals surface area (Å²) in [6.45, 7) is 6.06. The van der Waals surface area contributed by atoms with E-state index in [0.29, 0.717) is 18.2 Å². The van der Waals surface area contributed by atoms with Crippen LogP contribution in [0, 0.1) is 0 Å². The number of benzene rings is 2. The lowest BCUT2D eigenvalue weighted by atomic mass is 10.1. The minimum absolute atomic E-state index is 0.